The first kappa shape index (κ1) is 74.5. The van der Waals surface area contributed by atoms with Gasteiger partial charge in [0, 0.05) is 80.3 Å². The number of rotatable bonds is 30. The van der Waals surface area contributed by atoms with Crippen molar-refractivity contribution in [1.29, 1.82) is 0 Å². The van der Waals surface area contributed by atoms with E-state index >= 15 is 0 Å². The molecular formula is C104H100N4O3. The van der Waals surface area contributed by atoms with Crippen molar-refractivity contribution in [1.82, 2.24) is 0 Å². The van der Waals surface area contributed by atoms with Crippen LogP contribution in [0.1, 0.15) is 85.3 Å². The first-order chi connectivity index (χ1) is 54.4. The van der Waals surface area contributed by atoms with Crippen molar-refractivity contribution in [3.05, 3.63) is 367 Å². The Labute approximate surface area is 658 Å². The average Bonchev–Trinajstić information content (AvgIpc) is 0.776. The molecule has 1 fully saturated rings. The van der Waals surface area contributed by atoms with Gasteiger partial charge >= 0.3 is 0 Å². The Kier molecular flexibility index (Phi) is 23.3. The van der Waals surface area contributed by atoms with Gasteiger partial charge in [-0.3, -0.25) is 0 Å². The molecule has 1 aliphatic heterocycles. The second kappa shape index (κ2) is 34.7. The quantitative estimate of drug-likeness (QED) is 0.0416. The third-order valence-electron chi connectivity index (χ3n) is 22.0. The lowest BCUT2D eigenvalue weighted by Crippen LogP contribution is -2.45. The van der Waals surface area contributed by atoms with Crippen LogP contribution in [-0.2, 0) is 9.47 Å². The summed E-state index contributed by atoms with van der Waals surface area (Å²) in [4.78, 5) is 9.48. The fraction of sp³-hybridized carbons (Fsp3) is 0.192. The SMILES string of the molecule is CCC1(COCCCCCCCCOc2ccc(N(c3ccc(-c4ccccc4)cc3)c3ccc(-c4ccc(N(c5ccc(-c6ccc(N(c7ccc(-c8ccc(N(c9ccc(-c%10ccccc%10)cc9)c9ccc(C)cc9C)cc8)cc7)c7ccc(C)cc7C)cc6)cc5)c5ccc(C)cc5C)cc4)cc3)cc2)COC1. The molecule has 1 heterocycles. The van der Waals surface area contributed by atoms with Gasteiger partial charge in [-0.1, -0.05) is 243 Å². The highest BCUT2D eigenvalue weighted by Gasteiger charge is 2.37. The first-order valence-electron chi connectivity index (χ1n) is 39.6. The van der Waals surface area contributed by atoms with Crippen molar-refractivity contribution < 1.29 is 14.2 Å². The number of ether oxygens (including phenoxy) is 3. The molecule has 0 saturated carbocycles. The smallest absolute Gasteiger partial charge is 0.119 e. The van der Waals surface area contributed by atoms with Crippen LogP contribution in [0.5, 0.6) is 5.75 Å². The van der Waals surface area contributed by atoms with Gasteiger partial charge in [0.2, 0.25) is 0 Å². The lowest BCUT2D eigenvalue weighted by atomic mass is 9.84. The highest BCUT2D eigenvalue weighted by Crippen LogP contribution is 2.45. The molecule has 0 unspecified atom stereocenters. The van der Waals surface area contributed by atoms with Gasteiger partial charge in [0.1, 0.15) is 5.75 Å². The van der Waals surface area contributed by atoms with Crippen molar-refractivity contribution in [2.45, 2.75) is 93.4 Å². The number of unbranched alkanes of at least 4 members (excludes halogenated alkanes) is 5. The van der Waals surface area contributed by atoms with Crippen LogP contribution in [0.3, 0.4) is 0 Å². The van der Waals surface area contributed by atoms with Crippen molar-refractivity contribution in [2.75, 3.05) is 52.6 Å². The molecule has 7 nitrogen and oxygen atoms in total. The first-order valence-corrected chi connectivity index (χ1v) is 39.6. The van der Waals surface area contributed by atoms with E-state index in [4.69, 9.17) is 14.2 Å². The minimum atomic E-state index is 0.266. The molecule has 14 aromatic carbocycles. The Morgan fingerprint density at radius 2 is 0.523 bits per heavy atom. The van der Waals surface area contributed by atoms with E-state index in [1.165, 1.54) is 74.9 Å². The summed E-state index contributed by atoms with van der Waals surface area (Å²) in [5, 5.41) is 0. The molecule has 7 heteroatoms. The van der Waals surface area contributed by atoms with Gasteiger partial charge in [0.05, 0.1) is 26.4 Å². The van der Waals surface area contributed by atoms with E-state index in [1.807, 2.05) is 0 Å². The standard InChI is InChI=1S/C104H100N4O3/c1-8-104(73-110-74-104)72-109-67-19-11-9-10-12-20-68-111-100-62-60-93(61-63-100)105(91-44-28-83(29-45-91)81-21-15-13-16-22-81)92-46-30-85(31-47-92)86-34-50-96(51-35-86)107(102-65-26-76(3)70-79(102)6)97-54-38-89(39-55-97)90-42-58-99(59-43-90)108(103-66-27-77(4)71-80(103)7)98-56-40-88(41-57-98)87-36-52-95(53-37-87)106(101-64-25-75(2)69-78(101)5)94-48-32-84(33-49-94)82-23-17-14-18-24-82/h13-18,21-66,69-71H,8-12,19-20,67-68,72-74H2,1-7H3. The van der Waals surface area contributed by atoms with Crippen LogP contribution < -0.4 is 24.3 Å². The van der Waals surface area contributed by atoms with Crippen molar-refractivity contribution >= 4 is 68.2 Å². The normalized spacial score (nSPS) is 12.3. The second-order valence-corrected chi connectivity index (χ2v) is 30.2. The molecule has 1 saturated heterocycles. The molecule has 111 heavy (non-hydrogen) atoms. The van der Waals surface area contributed by atoms with Crippen LogP contribution in [0, 0.1) is 47.0 Å². The molecule has 0 radical (unpaired) electrons. The zero-order valence-corrected chi connectivity index (χ0v) is 65.3. The molecule has 0 N–H and O–H groups in total. The topological polar surface area (TPSA) is 40.7 Å². The maximum atomic E-state index is 6.32. The molecule has 0 spiro atoms. The number of anilines is 12. The summed E-state index contributed by atoms with van der Waals surface area (Å²) in [5.41, 5.74) is 32.5. The van der Waals surface area contributed by atoms with E-state index in [-0.39, 0.29) is 5.41 Å². The molecule has 0 amide bonds. The molecule has 0 aromatic heterocycles. The Morgan fingerprint density at radius 1 is 0.270 bits per heavy atom. The summed E-state index contributed by atoms with van der Waals surface area (Å²) < 4.78 is 17.8. The van der Waals surface area contributed by atoms with Crippen LogP contribution in [0.2, 0.25) is 0 Å². The number of nitrogens with zero attached hydrogens (tertiary/aromatic N) is 4. The van der Waals surface area contributed by atoms with E-state index < -0.39 is 0 Å². The van der Waals surface area contributed by atoms with Gasteiger partial charge in [-0.25, -0.2) is 0 Å². The number of hydrogen-bond donors (Lipinski definition) is 0. The van der Waals surface area contributed by atoms with Crippen LogP contribution in [0.25, 0.3) is 55.6 Å². The summed E-state index contributed by atoms with van der Waals surface area (Å²) in [6, 6.07) is 122. The lowest BCUT2D eigenvalue weighted by Gasteiger charge is -2.40. The summed E-state index contributed by atoms with van der Waals surface area (Å²) >= 11 is 0. The minimum absolute atomic E-state index is 0.266. The Hall–Kier alpha value is -12.0. The molecule has 554 valence electrons. The van der Waals surface area contributed by atoms with E-state index in [2.05, 4.69) is 402 Å². The highest BCUT2D eigenvalue weighted by molar-refractivity contribution is 5.87. The number of hydrogen-bond acceptors (Lipinski definition) is 7. The zero-order valence-electron chi connectivity index (χ0n) is 65.3. The van der Waals surface area contributed by atoms with E-state index in [0.717, 1.165) is 159 Å². The molecule has 0 bridgehead atoms. The van der Waals surface area contributed by atoms with Crippen molar-refractivity contribution in [3.63, 3.8) is 0 Å². The van der Waals surface area contributed by atoms with Gasteiger partial charge in [-0.15, -0.1) is 0 Å². The number of aryl methyl sites for hydroxylation is 6. The van der Waals surface area contributed by atoms with Gasteiger partial charge in [-0.05, 0) is 273 Å². The fourth-order valence-corrected chi connectivity index (χ4v) is 15.5. The highest BCUT2D eigenvalue weighted by atomic mass is 16.5. The van der Waals surface area contributed by atoms with Gasteiger partial charge in [0.15, 0.2) is 0 Å². The van der Waals surface area contributed by atoms with Gasteiger partial charge in [0.25, 0.3) is 0 Å². The molecule has 0 atom stereocenters. The molecular weight excluding hydrogens is 1350 g/mol. The third kappa shape index (κ3) is 17.5. The Balaban J connectivity index is 0.633. The van der Waals surface area contributed by atoms with Crippen LogP contribution in [-0.4, -0.2) is 33.0 Å². The van der Waals surface area contributed by atoms with E-state index in [9.17, 15) is 0 Å². The predicted octanol–water partition coefficient (Wildman–Crippen LogP) is 28.9. The molecule has 0 aliphatic carbocycles. The second-order valence-electron chi connectivity index (χ2n) is 30.2. The predicted molar refractivity (Wildman–Crippen MR) is 468 cm³/mol. The van der Waals surface area contributed by atoms with Gasteiger partial charge < -0.3 is 33.8 Å². The largest absolute Gasteiger partial charge is 0.494 e. The van der Waals surface area contributed by atoms with Gasteiger partial charge in [-0.2, -0.15) is 0 Å². The van der Waals surface area contributed by atoms with Crippen LogP contribution in [0.15, 0.2) is 334 Å². The third-order valence-corrected chi connectivity index (χ3v) is 22.0. The summed E-state index contributed by atoms with van der Waals surface area (Å²) in [7, 11) is 0. The Bertz CT molecular complexity index is 5350. The average molecular weight is 1450 g/mol. The van der Waals surface area contributed by atoms with Crippen molar-refractivity contribution in [2.24, 2.45) is 5.41 Å². The zero-order chi connectivity index (χ0) is 76.1. The van der Waals surface area contributed by atoms with E-state index in [0.29, 0.717) is 6.61 Å². The summed E-state index contributed by atoms with van der Waals surface area (Å²) in [6.07, 6.45) is 8.12. The minimum Gasteiger partial charge on any atom is -0.494 e. The Morgan fingerprint density at radius 3 is 0.784 bits per heavy atom. The van der Waals surface area contributed by atoms with Crippen LogP contribution in [0.4, 0.5) is 68.2 Å². The van der Waals surface area contributed by atoms with E-state index in [1.54, 1.807) is 0 Å². The summed E-state index contributed by atoms with van der Waals surface area (Å²) in [5.74, 6) is 0.889. The maximum absolute atomic E-state index is 6.32. The maximum Gasteiger partial charge on any atom is 0.119 e. The number of benzene rings is 14. The lowest BCUT2D eigenvalue weighted by molar-refractivity contribution is -0.150. The summed E-state index contributed by atoms with van der Waals surface area (Å²) in [6.45, 7) is 19.4. The molecule has 14 aromatic rings. The fourth-order valence-electron chi connectivity index (χ4n) is 15.5. The molecule has 15 rings (SSSR count). The van der Waals surface area contributed by atoms with Crippen LogP contribution >= 0.6 is 0 Å². The monoisotopic (exact) mass is 1450 g/mol. The molecule has 1 aliphatic rings. The van der Waals surface area contributed by atoms with Crippen molar-refractivity contribution in [3.8, 4) is 61.4 Å².